The average Bonchev–Trinajstić information content (AvgIpc) is 2.88. The third-order valence-corrected chi connectivity index (χ3v) is 5.46. The van der Waals surface area contributed by atoms with E-state index in [1.54, 1.807) is 12.1 Å². The van der Waals surface area contributed by atoms with Gasteiger partial charge in [0.2, 0.25) is 0 Å². The van der Waals surface area contributed by atoms with Crippen LogP contribution < -0.4 is 14.8 Å². The van der Waals surface area contributed by atoms with E-state index < -0.39 is 0 Å². The van der Waals surface area contributed by atoms with Crippen molar-refractivity contribution in [3.63, 3.8) is 0 Å². The molecule has 1 amide bonds. The maximum absolute atomic E-state index is 12.6. The van der Waals surface area contributed by atoms with Crippen LogP contribution in [0, 0.1) is 0 Å². The van der Waals surface area contributed by atoms with Gasteiger partial charge in [0, 0.05) is 11.6 Å². The van der Waals surface area contributed by atoms with Gasteiger partial charge in [0.25, 0.3) is 5.91 Å². The number of amides is 1. The average molecular weight is 452 g/mol. The van der Waals surface area contributed by atoms with Gasteiger partial charge in [-0.2, -0.15) is 0 Å². The number of carbonyl (C=O) groups is 1. The normalized spacial score (nSPS) is 11.4. The molecular formula is C30H29NO3. The van der Waals surface area contributed by atoms with E-state index in [9.17, 15) is 4.79 Å². The molecule has 0 aromatic heterocycles. The SMILES string of the molecule is C[C@@H](Cc1ccc(OCc2ccccc2)cc1)NC(=O)c1ccc(OCc2ccccc2)cc1. The Morgan fingerprint density at radius 2 is 1.12 bits per heavy atom. The minimum atomic E-state index is -0.0927. The van der Waals surface area contributed by atoms with Crippen molar-refractivity contribution in [3.8, 4) is 11.5 Å². The van der Waals surface area contributed by atoms with Gasteiger partial charge in [-0.05, 0) is 66.4 Å². The third-order valence-electron chi connectivity index (χ3n) is 5.46. The highest BCUT2D eigenvalue weighted by molar-refractivity contribution is 5.94. The van der Waals surface area contributed by atoms with Gasteiger partial charge in [-0.15, -0.1) is 0 Å². The molecule has 4 nitrogen and oxygen atoms in total. The fourth-order valence-electron chi connectivity index (χ4n) is 3.62. The van der Waals surface area contributed by atoms with Crippen LogP contribution in [-0.2, 0) is 19.6 Å². The molecule has 4 rings (SSSR count). The van der Waals surface area contributed by atoms with Crippen molar-refractivity contribution in [1.82, 2.24) is 5.32 Å². The van der Waals surface area contributed by atoms with Crippen molar-refractivity contribution in [2.75, 3.05) is 0 Å². The van der Waals surface area contributed by atoms with E-state index in [1.807, 2.05) is 104 Å². The molecule has 0 spiro atoms. The molecule has 0 aliphatic carbocycles. The van der Waals surface area contributed by atoms with Gasteiger partial charge >= 0.3 is 0 Å². The highest BCUT2D eigenvalue weighted by atomic mass is 16.5. The van der Waals surface area contributed by atoms with Crippen molar-refractivity contribution in [2.24, 2.45) is 0 Å². The van der Waals surface area contributed by atoms with E-state index in [-0.39, 0.29) is 11.9 Å². The van der Waals surface area contributed by atoms with E-state index >= 15 is 0 Å². The Hall–Kier alpha value is -4.05. The molecule has 4 heteroatoms. The number of nitrogens with one attached hydrogen (secondary N) is 1. The highest BCUT2D eigenvalue weighted by Crippen LogP contribution is 2.17. The number of hydrogen-bond acceptors (Lipinski definition) is 3. The summed E-state index contributed by atoms with van der Waals surface area (Å²) in [5.74, 6) is 1.48. The molecule has 0 aliphatic heterocycles. The molecular weight excluding hydrogens is 422 g/mol. The van der Waals surface area contributed by atoms with Gasteiger partial charge in [-0.25, -0.2) is 0 Å². The minimum Gasteiger partial charge on any atom is -0.489 e. The van der Waals surface area contributed by atoms with Crippen molar-refractivity contribution >= 4 is 5.91 Å². The maximum Gasteiger partial charge on any atom is 0.251 e. The summed E-state index contributed by atoms with van der Waals surface area (Å²) >= 11 is 0. The molecule has 0 radical (unpaired) electrons. The van der Waals surface area contributed by atoms with Gasteiger partial charge < -0.3 is 14.8 Å². The quantitative estimate of drug-likeness (QED) is 0.312. The standard InChI is InChI=1S/C30H29NO3/c1-23(20-24-12-16-28(17-13-24)33-21-25-8-4-2-5-9-25)31-30(32)27-14-18-29(19-15-27)34-22-26-10-6-3-7-11-26/h2-19,23H,20-22H2,1H3,(H,31,32)/t23-/m0/s1. The van der Waals surface area contributed by atoms with E-state index in [0.717, 1.165) is 34.6 Å². The Morgan fingerprint density at radius 1 is 0.647 bits per heavy atom. The minimum absolute atomic E-state index is 0.00223. The zero-order chi connectivity index (χ0) is 23.6. The summed E-state index contributed by atoms with van der Waals surface area (Å²) in [6, 6.07) is 35.4. The summed E-state index contributed by atoms with van der Waals surface area (Å²) in [6.45, 7) is 3.05. The summed E-state index contributed by atoms with van der Waals surface area (Å²) in [6.07, 6.45) is 0.739. The molecule has 0 fully saturated rings. The lowest BCUT2D eigenvalue weighted by atomic mass is 10.1. The lowest BCUT2D eigenvalue weighted by Gasteiger charge is -2.15. The smallest absolute Gasteiger partial charge is 0.251 e. The Morgan fingerprint density at radius 3 is 1.62 bits per heavy atom. The van der Waals surface area contributed by atoms with Crippen LogP contribution in [-0.4, -0.2) is 11.9 Å². The van der Waals surface area contributed by atoms with Gasteiger partial charge in [-0.3, -0.25) is 4.79 Å². The topological polar surface area (TPSA) is 47.6 Å². The second-order valence-corrected chi connectivity index (χ2v) is 8.30. The number of ether oxygens (including phenoxy) is 2. The van der Waals surface area contributed by atoms with Crippen LogP contribution in [0.2, 0.25) is 0 Å². The van der Waals surface area contributed by atoms with Gasteiger partial charge in [-0.1, -0.05) is 72.8 Å². The third kappa shape index (κ3) is 6.97. The molecule has 0 unspecified atom stereocenters. The molecule has 1 N–H and O–H groups in total. The van der Waals surface area contributed by atoms with Crippen LogP contribution in [0.15, 0.2) is 109 Å². The molecule has 0 saturated carbocycles. The lowest BCUT2D eigenvalue weighted by molar-refractivity contribution is 0.0940. The largest absolute Gasteiger partial charge is 0.489 e. The summed E-state index contributed by atoms with van der Waals surface area (Å²) in [5, 5.41) is 3.07. The van der Waals surface area contributed by atoms with Crippen molar-refractivity contribution in [1.29, 1.82) is 0 Å². The number of carbonyl (C=O) groups excluding carboxylic acids is 1. The predicted molar refractivity (Wildman–Crippen MR) is 135 cm³/mol. The molecule has 1 atom stereocenters. The van der Waals surface area contributed by atoms with Crippen LogP contribution in [0.4, 0.5) is 0 Å². The van der Waals surface area contributed by atoms with Crippen molar-refractivity contribution in [2.45, 2.75) is 32.6 Å². The lowest BCUT2D eigenvalue weighted by Crippen LogP contribution is -2.34. The fourth-order valence-corrected chi connectivity index (χ4v) is 3.62. The Bertz CT molecular complexity index is 1160. The number of hydrogen-bond donors (Lipinski definition) is 1. The van der Waals surface area contributed by atoms with Crippen LogP contribution in [0.1, 0.15) is 34.0 Å². The monoisotopic (exact) mass is 451 g/mol. The first kappa shape index (κ1) is 23.1. The summed E-state index contributed by atoms with van der Waals surface area (Å²) in [4.78, 5) is 12.6. The zero-order valence-corrected chi connectivity index (χ0v) is 19.3. The summed E-state index contributed by atoms with van der Waals surface area (Å²) in [7, 11) is 0. The fraction of sp³-hybridized carbons (Fsp3) is 0.167. The van der Waals surface area contributed by atoms with Crippen molar-refractivity contribution in [3.05, 3.63) is 131 Å². The Kier molecular flexibility index (Phi) is 7.96. The molecule has 0 aliphatic rings. The molecule has 172 valence electrons. The maximum atomic E-state index is 12.6. The van der Waals surface area contributed by atoms with Crippen molar-refractivity contribution < 1.29 is 14.3 Å². The van der Waals surface area contributed by atoms with E-state index in [1.165, 1.54) is 0 Å². The van der Waals surface area contributed by atoms with Crippen LogP contribution in [0.3, 0.4) is 0 Å². The second-order valence-electron chi connectivity index (χ2n) is 8.30. The molecule has 0 heterocycles. The van der Waals surface area contributed by atoms with Crippen LogP contribution in [0.25, 0.3) is 0 Å². The van der Waals surface area contributed by atoms with E-state index in [2.05, 4.69) is 5.32 Å². The zero-order valence-electron chi connectivity index (χ0n) is 19.3. The number of rotatable bonds is 10. The summed E-state index contributed by atoms with van der Waals surface area (Å²) in [5.41, 5.74) is 4.00. The highest BCUT2D eigenvalue weighted by Gasteiger charge is 2.11. The van der Waals surface area contributed by atoms with Gasteiger partial charge in [0.15, 0.2) is 0 Å². The van der Waals surface area contributed by atoms with Gasteiger partial charge in [0.05, 0.1) is 0 Å². The first-order chi connectivity index (χ1) is 16.7. The van der Waals surface area contributed by atoms with E-state index in [4.69, 9.17) is 9.47 Å². The molecule has 34 heavy (non-hydrogen) atoms. The molecule has 4 aromatic rings. The molecule has 0 bridgehead atoms. The number of benzene rings is 4. The Labute approximate surface area is 201 Å². The van der Waals surface area contributed by atoms with E-state index in [0.29, 0.717) is 18.8 Å². The molecule has 0 saturated heterocycles. The van der Waals surface area contributed by atoms with Crippen LogP contribution >= 0.6 is 0 Å². The summed E-state index contributed by atoms with van der Waals surface area (Å²) < 4.78 is 11.6. The second kappa shape index (κ2) is 11.7. The predicted octanol–water partition coefficient (Wildman–Crippen LogP) is 6.21. The molecule has 4 aromatic carbocycles. The Balaban J connectivity index is 1.23. The van der Waals surface area contributed by atoms with Crippen LogP contribution in [0.5, 0.6) is 11.5 Å². The van der Waals surface area contributed by atoms with Gasteiger partial charge in [0.1, 0.15) is 24.7 Å². The first-order valence-corrected chi connectivity index (χ1v) is 11.5. The first-order valence-electron chi connectivity index (χ1n) is 11.5.